The predicted molar refractivity (Wildman–Crippen MR) is 77.1 cm³/mol. The minimum absolute atomic E-state index is 0.111. The summed E-state index contributed by atoms with van der Waals surface area (Å²) in [5, 5.41) is 0.455. The van der Waals surface area contributed by atoms with Crippen molar-refractivity contribution in [2.45, 2.75) is 25.2 Å². The molecule has 0 N–H and O–H groups in total. The highest BCUT2D eigenvalue weighted by atomic mass is 35.5. The fraction of sp³-hybridized carbons (Fsp3) is 0.462. The van der Waals surface area contributed by atoms with Crippen molar-refractivity contribution in [2.24, 2.45) is 0 Å². The van der Waals surface area contributed by atoms with Gasteiger partial charge in [0, 0.05) is 11.6 Å². The summed E-state index contributed by atoms with van der Waals surface area (Å²) in [5.74, 6) is -0.557. The van der Waals surface area contributed by atoms with Crippen LogP contribution in [0.25, 0.3) is 0 Å². The first-order chi connectivity index (χ1) is 9.41. The molecule has 0 radical (unpaired) electrons. The summed E-state index contributed by atoms with van der Waals surface area (Å²) < 4.78 is 30.8. The van der Waals surface area contributed by atoms with Gasteiger partial charge < -0.3 is 4.74 Å². The van der Waals surface area contributed by atoms with Gasteiger partial charge in [-0.25, -0.2) is 8.42 Å². The number of benzene rings is 1. The topological polar surface area (TPSA) is 63.7 Å². The van der Waals surface area contributed by atoms with Gasteiger partial charge >= 0.3 is 5.97 Å². The molecule has 0 aliphatic rings. The Morgan fingerprint density at radius 3 is 2.35 bits per heavy atom. The Bertz CT molecular complexity index is 542. The molecule has 0 unspecified atom stereocenters. The van der Waals surface area contributed by atoms with Gasteiger partial charge in [-0.15, -0.1) is 0 Å². The number of halogens is 1. The number of nitrogens with zero attached hydrogens (tertiary/aromatic N) is 1. The molecule has 112 valence electrons. The summed E-state index contributed by atoms with van der Waals surface area (Å²) in [6, 6.07) is 5.85. The number of rotatable bonds is 7. The van der Waals surface area contributed by atoms with E-state index in [9.17, 15) is 13.2 Å². The van der Waals surface area contributed by atoms with Crippen LogP contribution in [0.15, 0.2) is 29.2 Å². The standard InChI is InChI=1S/C13H18ClNO4S/c1-3-9-15(10-13(16)19-4-2)20(17,18)12-7-5-11(14)6-8-12/h5-8H,3-4,9-10H2,1-2H3. The fourth-order valence-electron chi connectivity index (χ4n) is 1.64. The van der Waals surface area contributed by atoms with Crippen LogP contribution in [-0.4, -0.2) is 38.4 Å². The van der Waals surface area contributed by atoms with E-state index in [1.807, 2.05) is 6.92 Å². The molecule has 0 spiro atoms. The number of carbonyl (C=O) groups excluding carboxylic acids is 1. The largest absolute Gasteiger partial charge is 0.465 e. The van der Waals surface area contributed by atoms with Gasteiger partial charge in [-0.3, -0.25) is 4.79 Å². The molecule has 7 heteroatoms. The molecule has 0 aliphatic carbocycles. The second-order valence-electron chi connectivity index (χ2n) is 4.10. The van der Waals surface area contributed by atoms with E-state index >= 15 is 0 Å². The van der Waals surface area contributed by atoms with Crippen LogP contribution in [0.4, 0.5) is 0 Å². The number of ether oxygens (including phenoxy) is 1. The summed E-state index contributed by atoms with van der Waals surface area (Å²) in [7, 11) is -3.72. The molecular weight excluding hydrogens is 302 g/mol. The van der Waals surface area contributed by atoms with Crippen LogP contribution in [0.5, 0.6) is 0 Å². The van der Waals surface area contributed by atoms with E-state index in [1.165, 1.54) is 24.3 Å². The maximum atomic E-state index is 12.4. The molecule has 0 heterocycles. The first-order valence-electron chi connectivity index (χ1n) is 6.33. The maximum Gasteiger partial charge on any atom is 0.321 e. The zero-order valence-corrected chi connectivity index (χ0v) is 13.1. The van der Waals surface area contributed by atoms with Crippen LogP contribution < -0.4 is 0 Å². The van der Waals surface area contributed by atoms with Gasteiger partial charge in [0.15, 0.2) is 0 Å². The molecule has 1 aromatic rings. The van der Waals surface area contributed by atoms with Crippen LogP contribution >= 0.6 is 11.6 Å². The minimum Gasteiger partial charge on any atom is -0.465 e. The second-order valence-corrected chi connectivity index (χ2v) is 6.47. The number of esters is 1. The highest BCUT2D eigenvalue weighted by molar-refractivity contribution is 7.89. The lowest BCUT2D eigenvalue weighted by molar-refractivity contribution is -0.143. The van der Waals surface area contributed by atoms with Crippen LogP contribution in [0.3, 0.4) is 0 Å². The zero-order valence-electron chi connectivity index (χ0n) is 11.5. The monoisotopic (exact) mass is 319 g/mol. The minimum atomic E-state index is -3.72. The van der Waals surface area contributed by atoms with Crippen molar-refractivity contribution in [2.75, 3.05) is 19.7 Å². The normalized spacial score (nSPS) is 11.6. The first-order valence-corrected chi connectivity index (χ1v) is 8.15. The molecule has 20 heavy (non-hydrogen) atoms. The molecule has 1 aromatic carbocycles. The Labute approximate surface area is 124 Å². The molecule has 0 fully saturated rings. The fourth-order valence-corrected chi connectivity index (χ4v) is 3.24. The van der Waals surface area contributed by atoms with Crippen molar-refractivity contribution < 1.29 is 17.9 Å². The Morgan fingerprint density at radius 1 is 1.25 bits per heavy atom. The smallest absolute Gasteiger partial charge is 0.321 e. The van der Waals surface area contributed by atoms with Crippen LogP contribution in [0, 0.1) is 0 Å². The van der Waals surface area contributed by atoms with Crippen LogP contribution in [0.1, 0.15) is 20.3 Å². The van der Waals surface area contributed by atoms with E-state index in [2.05, 4.69) is 0 Å². The van der Waals surface area contributed by atoms with E-state index in [-0.39, 0.29) is 24.6 Å². The zero-order chi connectivity index (χ0) is 15.2. The summed E-state index contributed by atoms with van der Waals surface area (Å²) in [4.78, 5) is 11.6. The summed E-state index contributed by atoms with van der Waals surface area (Å²) in [6.07, 6.45) is 0.603. The Balaban J connectivity index is 2.99. The lowest BCUT2D eigenvalue weighted by Crippen LogP contribution is -2.37. The van der Waals surface area contributed by atoms with Gasteiger partial charge in [0.25, 0.3) is 0 Å². The first kappa shape index (κ1) is 16.9. The summed E-state index contributed by atoms with van der Waals surface area (Å²) in [5.41, 5.74) is 0. The molecule has 0 aliphatic heterocycles. The van der Waals surface area contributed by atoms with Gasteiger partial charge in [0.2, 0.25) is 10.0 Å². The van der Waals surface area contributed by atoms with Gasteiger partial charge in [-0.2, -0.15) is 4.31 Å². The number of hydrogen-bond acceptors (Lipinski definition) is 4. The maximum absolute atomic E-state index is 12.4. The van der Waals surface area contributed by atoms with Crippen molar-refractivity contribution >= 4 is 27.6 Å². The Morgan fingerprint density at radius 2 is 1.85 bits per heavy atom. The third-order valence-corrected chi connectivity index (χ3v) is 4.65. The van der Waals surface area contributed by atoms with Crippen LogP contribution in [-0.2, 0) is 19.6 Å². The third kappa shape index (κ3) is 4.47. The van der Waals surface area contributed by atoms with E-state index < -0.39 is 16.0 Å². The van der Waals surface area contributed by atoms with E-state index in [4.69, 9.17) is 16.3 Å². The van der Waals surface area contributed by atoms with Crippen molar-refractivity contribution in [1.82, 2.24) is 4.31 Å². The number of sulfonamides is 1. The molecule has 0 atom stereocenters. The van der Waals surface area contributed by atoms with Gasteiger partial charge in [-0.1, -0.05) is 18.5 Å². The Kier molecular flexibility index (Phi) is 6.45. The van der Waals surface area contributed by atoms with Crippen molar-refractivity contribution in [3.8, 4) is 0 Å². The van der Waals surface area contributed by atoms with Crippen molar-refractivity contribution in [3.63, 3.8) is 0 Å². The predicted octanol–water partition coefficient (Wildman–Crippen LogP) is 2.30. The van der Waals surface area contributed by atoms with Crippen molar-refractivity contribution in [3.05, 3.63) is 29.3 Å². The average Bonchev–Trinajstić information content (AvgIpc) is 2.39. The SMILES string of the molecule is CCCN(CC(=O)OCC)S(=O)(=O)c1ccc(Cl)cc1. The number of carbonyl (C=O) groups is 1. The Hall–Kier alpha value is -1.11. The van der Waals surface area contributed by atoms with E-state index in [1.54, 1.807) is 6.92 Å². The van der Waals surface area contributed by atoms with Gasteiger partial charge in [-0.05, 0) is 37.6 Å². The molecule has 0 bridgehead atoms. The molecule has 0 amide bonds. The van der Waals surface area contributed by atoms with E-state index in [0.717, 1.165) is 4.31 Å². The lowest BCUT2D eigenvalue weighted by Gasteiger charge is -2.20. The lowest BCUT2D eigenvalue weighted by atomic mass is 10.4. The molecule has 1 rings (SSSR count). The van der Waals surface area contributed by atoms with Gasteiger partial charge in [0.05, 0.1) is 11.5 Å². The third-order valence-electron chi connectivity index (χ3n) is 2.54. The molecule has 0 aromatic heterocycles. The summed E-state index contributed by atoms with van der Waals surface area (Å²) in [6.45, 7) is 3.71. The molecule has 5 nitrogen and oxygen atoms in total. The highest BCUT2D eigenvalue weighted by Crippen LogP contribution is 2.18. The molecule has 0 saturated carbocycles. The number of hydrogen-bond donors (Lipinski definition) is 0. The molecular formula is C13H18ClNO4S. The summed E-state index contributed by atoms with van der Waals surface area (Å²) >= 11 is 5.75. The second kappa shape index (κ2) is 7.61. The van der Waals surface area contributed by atoms with E-state index in [0.29, 0.717) is 11.4 Å². The highest BCUT2D eigenvalue weighted by Gasteiger charge is 2.26. The average molecular weight is 320 g/mol. The van der Waals surface area contributed by atoms with Gasteiger partial charge in [0.1, 0.15) is 6.54 Å². The van der Waals surface area contributed by atoms with Crippen LogP contribution in [0.2, 0.25) is 5.02 Å². The molecule has 0 saturated heterocycles. The quantitative estimate of drug-likeness (QED) is 0.723. The van der Waals surface area contributed by atoms with Crippen molar-refractivity contribution in [1.29, 1.82) is 0 Å².